The minimum atomic E-state index is -0.824. The molecule has 0 saturated carbocycles. The third-order valence-electron chi connectivity index (χ3n) is 5.44. The molecule has 0 spiro atoms. The van der Waals surface area contributed by atoms with Gasteiger partial charge < -0.3 is 20.3 Å². The first-order valence-corrected chi connectivity index (χ1v) is 10.9. The molecule has 8 nitrogen and oxygen atoms in total. The lowest BCUT2D eigenvalue weighted by Crippen LogP contribution is -2.40. The summed E-state index contributed by atoms with van der Waals surface area (Å²) in [6.45, 7) is 2.02. The molecule has 0 unspecified atom stereocenters. The van der Waals surface area contributed by atoms with Gasteiger partial charge in [-0.05, 0) is 36.4 Å². The summed E-state index contributed by atoms with van der Waals surface area (Å²) in [4.78, 5) is 31.4. The van der Waals surface area contributed by atoms with Gasteiger partial charge in [0.05, 0.1) is 30.0 Å². The monoisotopic (exact) mass is 477 g/mol. The van der Waals surface area contributed by atoms with Gasteiger partial charge in [-0.3, -0.25) is 15.0 Å². The largest absolute Gasteiger partial charge is 0.378 e. The topological polar surface area (TPSA) is 107 Å². The molecular weight excluding hydrogens is 455 g/mol. The van der Waals surface area contributed by atoms with E-state index in [4.69, 9.17) is 10.1 Å². The number of carbonyl (C=O) groups is 2. The van der Waals surface area contributed by atoms with E-state index in [1.165, 1.54) is 18.2 Å². The number of carbonyl (C=O) groups excluding carboxylic acids is 2. The Balaban J connectivity index is 1.52. The molecule has 178 valence electrons. The molecule has 1 aliphatic heterocycles. The molecule has 1 saturated heterocycles. The van der Waals surface area contributed by atoms with Crippen LogP contribution in [0.3, 0.4) is 0 Å². The van der Waals surface area contributed by atoms with Gasteiger partial charge >= 0.3 is 0 Å². The first kappa shape index (κ1) is 24.0. The van der Waals surface area contributed by atoms with E-state index < -0.39 is 23.4 Å². The highest BCUT2D eigenvalue weighted by Gasteiger charge is 2.21. The summed E-state index contributed by atoms with van der Waals surface area (Å²) in [5, 5.41) is 13.3. The van der Waals surface area contributed by atoms with Crippen molar-refractivity contribution in [3.05, 3.63) is 83.1 Å². The van der Waals surface area contributed by atoms with Crippen molar-refractivity contribution >= 4 is 42.5 Å². The van der Waals surface area contributed by atoms with Gasteiger partial charge in [0.2, 0.25) is 0 Å². The quantitative estimate of drug-likeness (QED) is 0.295. The molecule has 3 N–H and O–H groups in total. The predicted molar refractivity (Wildman–Crippen MR) is 130 cm³/mol. The van der Waals surface area contributed by atoms with E-state index in [-0.39, 0.29) is 28.5 Å². The van der Waals surface area contributed by atoms with Gasteiger partial charge in [-0.1, -0.05) is 17.6 Å². The van der Waals surface area contributed by atoms with Gasteiger partial charge in [-0.15, -0.1) is 0 Å². The number of rotatable bonds is 5. The van der Waals surface area contributed by atoms with Crippen molar-refractivity contribution in [2.45, 2.75) is 0 Å². The average molecular weight is 477 g/mol. The van der Waals surface area contributed by atoms with Crippen molar-refractivity contribution in [2.75, 3.05) is 36.9 Å². The third kappa shape index (κ3) is 5.69. The second-order valence-electron chi connectivity index (χ2n) is 7.96. The predicted octanol–water partition coefficient (Wildman–Crippen LogP) is 1.78. The van der Waals surface area contributed by atoms with E-state index in [9.17, 15) is 18.4 Å². The molecule has 0 aliphatic carbocycles. The van der Waals surface area contributed by atoms with Crippen LogP contribution < -0.4 is 16.1 Å². The van der Waals surface area contributed by atoms with Crippen LogP contribution in [0.25, 0.3) is 0 Å². The maximum absolute atomic E-state index is 14.8. The molecule has 0 radical (unpaired) electrons. The zero-order valence-electron chi connectivity index (χ0n) is 18.9. The van der Waals surface area contributed by atoms with E-state index >= 15 is 0 Å². The summed E-state index contributed by atoms with van der Waals surface area (Å²) < 4.78 is 34.0. The van der Waals surface area contributed by atoms with Crippen LogP contribution in [0.4, 0.5) is 20.3 Å². The molecule has 0 bridgehead atoms. The molecule has 1 aromatic heterocycles. The number of hydrogen-bond acceptors (Lipinski definition) is 5. The van der Waals surface area contributed by atoms with Crippen LogP contribution in [0.15, 0.2) is 54.7 Å². The molecular formula is C24H22BF2N5O3. The molecule has 2 heterocycles. The first-order valence-electron chi connectivity index (χ1n) is 10.9. The Morgan fingerprint density at radius 1 is 0.971 bits per heavy atom. The van der Waals surface area contributed by atoms with E-state index in [2.05, 4.69) is 15.6 Å². The minimum absolute atomic E-state index is 0.00514. The van der Waals surface area contributed by atoms with Crippen LogP contribution in [0.5, 0.6) is 0 Å². The normalized spacial score (nSPS) is 13.3. The zero-order valence-corrected chi connectivity index (χ0v) is 18.9. The number of morpholine rings is 1. The smallest absolute Gasteiger partial charge is 0.259 e. The number of nitrogens with zero attached hydrogens (tertiary/aromatic N) is 2. The molecule has 4 rings (SSSR count). The lowest BCUT2D eigenvalue weighted by atomic mass is 9.99. The molecule has 1 aliphatic rings. The fourth-order valence-corrected chi connectivity index (χ4v) is 3.54. The van der Waals surface area contributed by atoms with Gasteiger partial charge in [-0.25, -0.2) is 13.8 Å². The maximum atomic E-state index is 14.8. The van der Waals surface area contributed by atoms with E-state index in [0.717, 1.165) is 23.7 Å². The lowest BCUT2D eigenvalue weighted by molar-refractivity contribution is 0.0680. The lowest BCUT2D eigenvalue weighted by Gasteiger charge is -2.29. The minimum Gasteiger partial charge on any atom is -0.378 e. The fourth-order valence-electron chi connectivity index (χ4n) is 3.54. The number of hydrogen-bond donors (Lipinski definition) is 3. The number of nitrogens with one attached hydrogen (secondary N) is 3. The summed E-state index contributed by atoms with van der Waals surface area (Å²) in [6.07, 6.45) is 1.56. The van der Waals surface area contributed by atoms with Crippen molar-refractivity contribution in [3.63, 3.8) is 0 Å². The van der Waals surface area contributed by atoms with Gasteiger partial charge in [0.15, 0.2) is 0 Å². The van der Waals surface area contributed by atoms with Crippen LogP contribution in [-0.2, 0) is 4.74 Å². The highest BCUT2D eigenvalue weighted by Crippen LogP contribution is 2.21. The molecule has 2 aromatic carbocycles. The Morgan fingerprint density at radius 2 is 1.71 bits per heavy atom. The van der Waals surface area contributed by atoms with E-state index in [0.29, 0.717) is 31.9 Å². The zero-order chi connectivity index (χ0) is 24.9. The summed E-state index contributed by atoms with van der Waals surface area (Å²) in [6, 6.07) is 10.5. The van der Waals surface area contributed by atoms with E-state index in [1.54, 1.807) is 23.2 Å². The number of amidine groups is 1. The third-order valence-corrected chi connectivity index (χ3v) is 5.44. The van der Waals surface area contributed by atoms with Gasteiger partial charge in [-0.2, -0.15) is 0 Å². The number of amides is 2. The van der Waals surface area contributed by atoms with Crippen molar-refractivity contribution in [1.29, 1.82) is 5.41 Å². The highest BCUT2D eigenvalue weighted by atomic mass is 19.1. The molecule has 2 amide bonds. The Kier molecular flexibility index (Phi) is 7.16. The molecule has 0 atom stereocenters. The number of benzene rings is 2. The molecule has 3 aromatic rings. The van der Waals surface area contributed by atoms with Crippen LogP contribution in [0.1, 0.15) is 26.3 Å². The van der Waals surface area contributed by atoms with Crippen molar-refractivity contribution < 1.29 is 23.1 Å². The number of anilines is 2. The van der Waals surface area contributed by atoms with Gasteiger partial charge in [0.25, 0.3) is 11.8 Å². The Morgan fingerprint density at radius 3 is 2.40 bits per heavy atom. The standard InChI is InChI=1S/C24H22BF2N5O3/c25-15-2-6-21(29-13-15)31-24(34)18-12-16(26)3-5-20(18)30-23(33)17-4-1-14(11-19(17)27)22(28)32-7-9-35-10-8-32/h1-6,11-13,28H,7-10,25H2,(H,30,33)(H,29,31,34). The second kappa shape index (κ2) is 10.4. The number of pyridine rings is 1. The van der Waals surface area contributed by atoms with Crippen molar-refractivity contribution in [3.8, 4) is 0 Å². The number of halogens is 2. The van der Waals surface area contributed by atoms with Gasteiger partial charge in [0.1, 0.15) is 31.1 Å². The summed E-state index contributed by atoms with van der Waals surface area (Å²) in [5.41, 5.74) is 0.806. The molecule has 11 heteroatoms. The maximum Gasteiger partial charge on any atom is 0.259 e. The van der Waals surface area contributed by atoms with E-state index in [1.807, 2.05) is 7.85 Å². The summed E-state index contributed by atoms with van der Waals surface area (Å²) >= 11 is 0. The van der Waals surface area contributed by atoms with Crippen molar-refractivity contribution in [1.82, 2.24) is 9.88 Å². The van der Waals surface area contributed by atoms with Crippen LogP contribution in [0.2, 0.25) is 0 Å². The van der Waals surface area contributed by atoms with Gasteiger partial charge in [0, 0.05) is 24.8 Å². The highest BCUT2D eigenvalue weighted by molar-refractivity contribution is 6.32. The fraction of sp³-hybridized carbons (Fsp3) is 0.167. The Bertz CT molecular complexity index is 1280. The number of ether oxygens (including phenoxy) is 1. The average Bonchev–Trinajstić information content (AvgIpc) is 2.86. The Labute approximate surface area is 201 Å². The van der Waals surface area contributed by atoms with Crippen molar-refractivity contribution in [2.24, 2.45) is 0 Å². The van der Waals surface area contributed by atoms with Crippen LogP contribution >= 0.6 is 0 Å². The SMILES string of the molecule is Bc1ccc(NC(=O)c2cc(F)ccc2NC(=O)c2ccc(C(=N)N3CCOCC3)cc2F)nc1. The first-order chi connectivity index (χ1) is 16.8. The second-order valence-corrected chi connectivity index (χ2v) is 7.96. The summed E-state index contributed by atoms with van der Waals surface area (Å²) in [5.74, 6) is -2.61. The molecule has 35 heavy (non-hydrogen) atoms. The molecule has 1 fully saturated rings. The van der Waals surface area contributed by atoms with Crippen LogP contribution in [0, 0.1) is 17.0 Å². The number of aromatic nitrogens is 1. The summed E-state index contributed by atoms with van der Waals surface area (Å²) in [7, 11) is 1.84. The van der Waals surface area contributed by atoms with Crippen LogP contribution in [-0.4, -0.2) is 61.7 Å². The Hall–Kier alpha value is -4.12.